The average Bonchev–Trinajstić information content (AvgIpc) is 2.81. The van der Waals surface area contributed by atoms with E-state index in [0.29, 0.717) is 6.10 Å². The van der Waals surface area contributed by atoms with E-state index in [1.54, 1.807) is 0 Å². The minimum Gasteiger partial charge on any atom is -0.378 e. The Labute approximate surface area is 117 Å². The monoisotopic (exact) mass is 268 g/mol. The molecule has 0 aromatic heterocycles. The smallest absolute Gasteiger partial charge is 0.165 e. The lowest BCUT2D eigenvalue weighted by Crippen LogP contribution is -2.25. The molecule has 0 bridgehead atoms. The van der Waals surface area contributed by atoms with Crippen molar-refractivity contribution in [3.63, 3.8) is 0 Å². The molecule has 0 N–H and O–H groups in total. The molecule has 1 saturated heterocycles. The summed E-state index contributed by atoms with van der Waals surface area (Å²) in [5, 5.41) is 0. The standard InChI is InChI=1S/C16H28O3/c1-14-7-6-8-15(13-14)17-10-5-3-4-9-16(2)18-11-12-19-16/h7,15H,3-6,8-13H2,1-2H3/t15-/m1/s1. The van der Waals surface area contributed by atoms with Gasteiger partial charge in [-0.05, 0) is 46.0 Å². The van der Waals surface area contributed by atoms with E-state index >= 15 is 0 Å². The molecule has 0 aromatic carbocycles. The highest BCUT2D eigenvalue weighted by atomic mass is 16.7. The van der Waals surface area contributed by atoms with Crippen molar-refractivity contribution in [3.05, 3.63) is 11.6 Å². The summed E-state index contributed by atoms with van der Waals surface area (Å²) in [6.07, 6.45) is 10.8. The van der Waals surface area contributed by atoms with Crippen LogP contribution in [0.15, 0.2) is 11.6 Å². The van der Waals surface area contributed by atoms with Crippen molar-refractivity contribution in [1.29, 1.82) is 0 Å². The van der Waals surface area contributed by atoms with Gasteiger partial charge in [0.1, 0.15) is 0 Å². The van der Waals surface area contributed by atoms with E-state index < -0.39 is 0 Å². The van der Waals surface area contributed by atoms with E-state index in [4.69, 9.17) is 14.2 Å². The Morgan fingerprint density at radius 1 is 1.26 bits per heavy atom. The van der Waals surface area contributed by atoms with Crippen LogP contribution in [0.2, 0.25) is 0 Å². The first-order valence-electron chi connectivity index (χ1n) is 7.73. The number of rotatable bonds is 7. The van der Waals surface area contributed by atoms with Crippen LogP contribution in [0.4, 0.5) is 0 Å². The van der Waals surface area contributed by atoms with Crippen LogP contribution in [-0.2, 0) is 14.2 Å². The fourth-order valence-electron chi connectivity index (χ4n) is 2.88. The Morgan fingerprint density at radius 3 is 2.79 bits per heavy atom. The van der Waals surface area contributed by atoms with Crippen LogP contribution in [0.5, 0.6) is 0 Å². The van der Waals surface area contributed by atoms with E-state index in [2.05, 4.69) is 13.0 Å². The van der Waals surface area contributed by atoms with Gasteiger partial charge < -0.3 is 14.2 Å². The largest absolute Gasteiger partial charge is 0.378 e. The highest BCUT2D eigenvalue weighted by molar-refractivity contribution is 5.03. The minimum absolute atomic E-state index is 0.313. The van der Waals surface area contributed by atoms with Crippen LogP contribution < -0.4 is 0 Å². The van der Waals surface area contributed by atoms with E-state index in [9.17, 15) is 0 Å². The van der Waals surface area contributed by atoms with Crippen molar-refractivity contribution < 1.29 is 14.2 Å². The molecule has 19 heavy (non-hydrogen) atoms. The van der Waals surface area contributed by atoms with Gasteiger partial charge in [-0.25, -0.2) is 0 Å². The zero-order valence-electron chi connectivity index (χ0n) is 12.5. The van der Waals surface area contributed by atoms with Crippen molar-refractivity contribution in [2.45, 2.75) is 70.7 Å². The second-order valence-corrected chi connectivity index (χ2v) is 5.97. The maximum absolute atomic E-state index is 5.95. The molecule has 0 spiro atoms. The molecule has 2 aliphatic rings. The SMILES string of the molecule is CC1=CCC[C@@H](OCCCCCC2(C)OCCO2)C1. The molecule has 1 aliphatic carbocycles. The van der Waals surface area contributed by atoms with Crippen molar-refractivity contribution in [3.8, 4) is 0 Å². The van der Waals surface area contributed by atoms with Gasteiger partial charge in [0.15, 0.2) is 5.79 Å². The molecule has 0 radical (unpaired) electrons. The van der Waals surface area contributed by atoms with E-state index in [-0.39, 0.29) is 5.79 Å². The van der Waals surface area contributed by atoms with Crippen LogP contribution >= 0.6 is 0 Å². The zero-order valence-corrected chi connectivity index (χ0v) is 12.5. The van der Waals surface area contributed by atoms with E-state index in [1.807, 2.05) is 6.92 Å². The number of allylic oxidation sites excluding steroid dienone is 1. The number of unbranched alkanes of at least 4 members (excludes halogenated alkanes) is 2. The maximum Gasteiger partial charge on any atom is 0.165 e. The van der Waals surface area contributed by atoms with Gasteiger partial charge in [0.2, 0.25) is 0 Å². The summed E-state index contributed by atoms with van der Waals surface area (Å²) in [6, 6.07) is 0. The van der Waals surface area contributed by atoms with Crippen LogP contribution in [0.1, 0.15) is 58.8 Å². The van der Waals surface area contributed by atoms with Gasteiger partial charge in [-0.3, -0.25) is 0 Å². The molecule has 3 heteroatoms. The topological polar surface area (TPSA) is 27.7 Å². The first-order chi connectivity index (χ1) is 9.18. The quantitative estimate of drug-likeness (QED) is 0.519. The Balaban J connectivity index is 1.47. The number of ether oxygens (including phenoxy) is 3. The van der Waals surface area contributed by atoms with Crippen LogP contribution in [0, 0.1) is 0 Å². The van der Waals surface area contributed by atoms with Crippen molar-refractivity contribution in [2.75, 3.05) is 19.8 Å². The molecule has 1 fully saturated rings. The molecule has 110 valence electrons. The summed E-state index contributed by atoms with van der Waals surface area (Å²) >= 11 is 0. The van der Waals surface area contributed by atoms with Gasteiger partial charge in [-0.1, -0.05) is 18.1 Å². The van der Waals surface area contributed by atoms with Gasteiger partial charge in [0, 0.05) is 13.0 Å². The predicted octanol–water partition coefficient (Wildman–Crippen LogP) is 3.83. The van der Waals surface area contributed by atoms with Gasteiger partial charge in [-0.15, -0.1) is 0 Å². The Kier molecular flexibility index (Phi) is 5.86. The first-order valence-corrected chi connectivity index (χ1v) is 7.73. The molecule has 3 nitrogen and oxygen atoms in total. The highest BCUT2D eigenvalue weighted by Gasteiger charge is 2.29. The lowest BCUT2D eigenvalue weighted by Gasteiger charge is -2.23. The Morgan fingerprint density at radius 2 is 2.05 bits per heavy atom. The molecular formula is C16H28O3. The molecular weight excluding hydrogens is 240 g/mol. The fraction of sp³-hybridized carbons (Fsp3) is 0.875. The van der Waals surface area contributed by atoms with Crippen LogP contribution in [-0.4, -0.2) is 31.7 Å². The lowest BCUT2D eigenvalue weighted by atomic mass is 9.98. The van der Waals surface area contributed by atoms with Crippen molar-refractivity contribution in [1.82, 2.24) is 0 Å². The Hall–Kier alpha value is -0.380. The molecule has 0 unspecified atom stereocenters. The van der Waals surface area contributed by atoms with Crippen molar-refractivity contribution >= 4 is 0 Å². The highest BCUT2D eigenvalue weighted by Crippen LogP contribution is 2.25. The van der Waals surface area contributed by atoms with Gasteiger partial charge in [0.05, 0.1) is 19.3 Å². The molecule has 1 aliphatic heterocycles. The molecule has 0 amide bonds. The summed E-state index contributed by atoms with van der Waals surface area (Å²) in [4.78, 5) is 0. The van der Waals surface area contributed by atoms with Gasteiger partial charge in [0.25, 0.3) is 0 Å². The van der Waals surface area contributed by atoms with Crippen LogP contribution in [0.3, 0.4) is 0 Å². The normalized spacial score (nSPS) is 26.4. The number of hydrogen-bond acceptors (Lipinski definition) is 3. The molecule has 0 aromatic rings. The minimum atomic E-state index is -0.313. The molecule has 1 atom stereocenters. The zero-order chi connectivity index (χ0) is 13.6. The fourth-order valence-corrected chi connectivity index (χ4v) is 2.88. The molecule has 0 saturated carbocycles. The third-order valence-electron chi connectivity index (χ3n) is 4.06. The summed E-state index contributed by atoms with van der Waals surface area (Å²) in [6.45, 7) is 6.64. The lowest BCUT2D eigenvalue weighted by molar-refractivity contribution is -0.147. The summed E-state index contributed by atoms with van der Waals surface area (Å²) in [5.41, 5.74) is 1.49. The number of hydrogen-bond donors (Lipinski definition) is 0. The van der Waals surface area contributed by atoms with Crippen LogP contribution in [0.25, 0.3) is 0 Å². The molecule has 2 rings (SSSR count). The third-order valence-corrected chi connectivity index (χ3v) is 4.06. The molecule has 1 heterocycles. The predicted molar refractivity (Wildman–Crippen MR) is 76.1 cm³/mol. The first kappa shape index (κ1) is 15.0. The second kappa shape index (κ2) is 7.41. The van der Waals surface area contributed by atoms with Gasteiger partial charge >= 0.3 is 0 Å². The maximum atomic E-state index is 5.95. The second-order valence-electron chi connectivity index (χ2n) is 5.97. The average molecular weight is 268 g/mol. The Bertz CT molecular complexity index is 292. The summed E-state index contributed by atoms with van der Waals surface area (Å²) in [5.74, 6) is -0.313. The summed E-state index contributed by atoms with van der Waals surface area (Å²) in [7, 11) is 0. The van der Waals surface area contributed by atoms with E-state index in [0.717, 1.165) is 45.5 Å². The van der Waals surface area contributed by atoms with E-state index in [1.165, 1.54) is 24.8 Å². The van der Waals surface area contributed by atoms with Crippen molar-refractivity contribution in [2.24, 2.45) is 0 Å². The van der Waals surface area contributed by atoms with Gasteiger partial charge in [-0.2, -0.15) is 0 Å². The summed E-state index contributed by atoms with van der Waals surface area (Å²) < 4.78 is 17.1. The third kappa shape index (κ3) is 5.25.